The van der Waals surface area contributed by atoms with Gasteiger partial charge < -0.3 is 20.0 Å². The van der Waals surface area contributed by atoms with Gasteiger partial charge in [0.05, 0.1) is 6.54 Å². The van der Waals surface area contributed by atoms with E-state index in [1.807, 2.05) is 38.1 Å². The molecule has 0 aliphatic heterocycles. The lowest BCUT2D eigenvalue weighted by atomic mass is 10.3. The lowest BCUT2D eigenvalue weighted by molar-refractivity contribution is 0.0780. The normalized spacial score (nSPS) is 10.6. The van der Waals surface area contributed by atoms with Gasteiger partial charge in [-0.2, -0.15) is 0 Å². The van der Waals surface area contributed by atoms with Crippen molar-refractivity contribution in [3.63, 3.8) is 0 Å². The highest BCUT2D eigenvalue weighted by atomic mass is 32.1. The molecule has 2 aromatic rings. The molecular formula is C13H18N4O2S. The highest BCUT2D eigenvalue weighted by Crippen LogP contribution is 2.28. The third-order valence-electron chi connectivity index (χ3n) is 2.75. The van der Waals surface area contributed by atoms with Crippen LogP contribution in [0.3, 0.4) is 0 Å². The van der Waals surface area contributed by atoms with Crippen molar-refractivity contribution >= 4 is 28.2 Å². The van der Waals surface area contributed by atoms with Crippen LogP contribution in [0.4, 0.5) is 10.9 Å². The summed E-state index contributed by atoms with van der Waals surface area (Å²) >= 11 is 1.29. The second-order valence-corrected chi connectivity index (χ2v) is 5.76. The monoisotopic (exact) mass is 294 g/mol. The Kier molecular flexibility index (Phi) is 3.99. The van der Waals surface area contributed by atoms with Crippen molar-refractivity contribution in [2.75, 3.05) is 31.8 Å². The lowest BCUT2D eigenvalue weighted by Gasteiger charge is -2.14. The first-order chi connectivity index (χ1) is 9.38. The van der Waals surface area contributed by atoms with Crippen LogP contribution in [0, 0.1) is 6.92 Å². The van der Waals surface area contributed by atoms with Crippen LogP contribution in [0.15, 0.2) is 16.5 Å². The number of aryl methyl sites for hydroxylation is 1. The molecule has 0 aromatic carbocycles. The van der Waals surface area contributed by atoms with Gasteiger partial charge in [0, 0.05) is 21.1 Å². The minimum absolute atomic E-state index is 0.151. The van der Waals surface area contributed by atoms with Gasteiger partial charge in [-0.25, -0.2) is 4.98 Å². The number of nitrogen functional groups attached to an aromatic ring is 1. The van der Waals surface area contributed by atoms with Crippen LogP contribution in [0.1, 0.15) is 21.2 Å². The molecule has 0 aliphatic carbocycles. The predicted octanol–water partition coefficient (Wildman–Crippen LogP) is 1.96. The number of furan rings is 1. The van der Waals surface area contributed by atoms with Gasteiger partial charge in [-0.05, 0) is 19.1 Å². The Morgan fingerprint density at radius 3 is 2.60 bits per heavy atom. The molecule has 0 saturated carbocycles. The summed E-state index contributed by atoms with van der Waals surface area (Å²) in [4.78, 5) is 20.4. The predicted molar refractivity (Wildman–Crippen MR) is 80.1 cm³/mol. The largest absolute Gasteiger partial charge is 0.464 e. The molecule has 2 aromatic heterocycles. The Labute approximate surface area is 121 Å². The average Bonchev–Trinajstić information content (AvgIpc) is 2.95. The van der Waals surface area contributed by atoms with Gasteiger partial charge in [0.2, 0.25) is 0 Å². The Balaban J connectivity index is 2.14. The van der Waals surface area contributed by atoms with E-state index in [9.17, 15) is 4.79 Å². The summed E-state index contributed by atoms with van der Waals surface area (Å²) in [6, 6.07) is 3.74. The van der Waals surface area contributed by atoms with Gasteiger partial charge in [0.15, 0.2) is 5.13 Å². The Hall–Kier alpha value is -2.02. The molecule has 0 bridgehead atoms. The van der Waals surface area contributed by atoms with E-state index in [1.54, 1.807) is 11.9 Å². The van der Waals surface area contributed by atoms with E-state index in [0.717, 1.165) is 11.5 Å². The third-order valence-corrected chi connectivity index (χ3v) is 3.98. The zero-order chi connectivity index (χ0) is 14.9. The van der Waals surface area contributed by atoms with Crippen LogP contribution in [0.5, 0.6) is 0 Å². The first-order valence-corrected chi connectivity index (χ1v) is 6.94. The average molecular weight is 294 g/mol. The number of hydrogen-bond acceptors (Lipinski definition) is 6. The van der Waals surface area contributed by atoms with Crippen LogP contribution in [-0.2, 0) is 6.54 Å². The summed E-state index contributed by atoms with van der Waals surface area (Å²) in [5, 5.41) is 0.716. The summed E-state index contributed by atoms with van der Waals surface area (Å²) in [5.41, 5.74) is 5.82. The van der Waals surface area contributed by atoms with Crippen molar-refractivity contribution in [1.29, 1.82) is 0 Å². The van der Waals surface area contributed by atoms with E-state index >= 15 is 0 Å². The molecule has 0 fully saturated rings. The number of nitrogens with zero attached hydrogens (tertiary/aromatic N) is 3. The molecule has 108 valence electrons. The third kappa shape index (κ3) is 2.93. The van der Waals surface area contributed by atoms with Crippen molar-refractivity contribution in [3.05, 3.63) is 28.5 Å². The summed E-state index contributed by atoms with van der Waals surface area (Å²) in [6.45, 7) is 2.27. The van der Waals surface area contributed by atoms with Crippen LogP contribution in [0.2, 0.25) is 0 Å². The van der Waals surface area contributed by atoms with Gasteiger partial charge in [-0.15, -0.1) is 0 Å². The van der Waals surface area contributed by atoms with Crippen molar-refractivity contribution in [3.8, 4) is 0 Å². The molecule has 2 N–H and O–H groups in total. The number of anilines is 2. The Morgan fingerprint density at radius 2 is 2.10 bits per heavy atom. The standard InChI is InChI=1S/C13H18N4O2S/c1-8-5-6-9(19-8)7-17(4)12(18)10-11(14)15-13(20-10)16(2)3/h5-6H,7,14H2,1-4H3. The highest BCUT2D eigenvalue weighted by Gasteiger charge is 2.21. The van der Waals surface area contributed by atoms with Gasteiger partial charge in [-0.3, -0.25) is 4.79 Å². The number of aromatic nitrogens is 1. The van der Waals surface area contributed by atoms with E-state index in [4.69, 9.17) is 10.2 Å². The maximum atomic E-state index is 12.4. The van der Waals surface area contributed by atoms with Crippen molar-refractivity contribution < 1.29 is 9.21 Å². The summed E-state index contributed by atoms with van der Waals surface area (Å²) in [6.07, 6.45) is 0. The van der Waals surface area contributed by atoms with Crippen LogP contribution < -0.4 is 10.6 Å². The molecular weight excluding hydrogens is 276 g/mol. The fourth-order valence-corrected chi connectivity index (χ4v) is 2.62. The molecule has 2 heterocycles. The SMILES string of the molecule is Cc1ccc(CN(C)C(=O)c2sc(N(C)C)nc2N)o1. The molecule has 7 heteroatoms. The van der Waals surface area contributed by atoms with E-state index in [-0.39, 0.29) is 11.7 Å². The molecule has 20 heavy (non-hydrogen) atoms. The molecule has 0 atom stereocenters. The van der Waals surface area contributed by atoms with Crippen molar-refractivity contribution in [2.45, 2.75) is 13.5 Å². The van der Waals surface area contributed by atoms with Gasteiger partial charge in [0.1, 0.15) is 22.2 Å². The van der Waals surface area contributed by atoms with Gasteiger partial charge in [-0.1, -0.05) is 11.3 Å². The number of carbonyl (C=O) groups excluding carboxylic acids is 1. The minimum atomic E-state index is -0.151. The minimum Gasteiger partial charge on any atom is -0.464 e. The first kappa shape index (κ1) is 14.4. The van der Waals surface area contributed by atoms with Gasteiger partial charge >= 0.3 is 0 Å². The number of amides is 1. The number of thiazole rings is 1. The summed E-state index contributed by atoms with van der Waals surface area (Å²) in [5.74, 6) is 1.69. The Morgan fingerprint density at radius 1 is 1.40 bits per heavy atom. The van der Waals surface area contributed by atoms with E-state index in [2.05, 4.69) is 4.98 Å². The van der Waals surface area contributed by atoms with Crippen LogP contribution >= 0.6 is 11.3 Å². The van der Waals surface area contributed by atoms with Crippen molar-refractivity contribution in [1.82, 2.24) is 9.88 Å². The fraction of sp³-hybridized carbons (Fsp3) is 0.385. The zero-order valence-corrected chi connectivity index (χ0v) is 12.8. The maximum absolute atomic E-state index is 12.4. The molecule has 6 nitrogen and oxygen atoms in total. The molecule has 0 aliphatic rings. The lowest BCUT2D eigenvalue weighted by Crippen LogP contribution is -2.25. The molecule has 0 unspecified atom stereocenters. The first-order valence-electron chi connectivity index (χ1n) is 6.13. The number of hydrogen-bond donors (Lipinski definition) is 1. The highest BCUT2D eigenvalue weighted by molar-refractivity contribution is 7.18. The van der Waals surface area contributed by atoms with Crippen LogP contribution in [-0.4, -0.2) is 36.9 Å². The number of nitrogens with two attached hydrogens (primary N) is 1. The Bertz CT molecular complexity index is 618. The zero-order valence-electron chi connectivity index (χ0n) is 12.0. The number of carbonyl (C=O) groups is 1. The summed E-state index contributed by atoms with van der Waals surface area (Å²) < 4.78 is 5.47. The molecule has 1 amide bonds. The molecule has 0 spiro atoms. The van der Waals surface area contributed by atoms with Crippen LogP contribution in [0.25, 0.3) is 0 Å². The quantitative estimate of drug-likeness (QED) is 0.933. The second-order valence-electron chi connectivity index (χ2n) is 4.78. The van der Waals surface area contributed by atoms with Crippen molar-refractivity contribution in [2.24, 2.45) is 0 Å². The van der Waals surface area contributed by atoms with E-state index < -0.39 is 0 Å². The van der Waals surface area contributed by atoms with E-state index in [1.165, 1.54) is 11.3 Å². The molecule has 0 radical (unpaired) electrons. The topological polar surface area (TPSA) is 75.6 Å². The van der Waals surface area contributed by atoms with Gasteiger partial charge in [0.25, 0.3) is 5.91 Å². The molecule has 0 saturated heterocycles. The second kappa shape index (κ2) is 5.54. The summed E-state index contributed by atoms with van der Waals surface area (Å²) in [7, 11) is 5.44. The number of rotatable bonds is 4. The maximum Gasteiger partial charge on any atom is 0.268 e. The fourth-order valence-electron chi connectivity index (χ4n) is 1.71. The molecule has 2 rings (SSSR count). The smallest absolute Gasteiger partial charge is 0.268 e. The van der Waals surface area contributed by atoms with E-state index in [0.29, 0.717) is 16.6 Å².